The first-order valence-corrected chi connectivity index (χ1v) is 8.58. The number of hydrogen-bond acceptors (Lipinski definition) is 2. The lowest BCUT2D eigenvalue weighted by Gasteiger charge is -2.17. The van der Waals surface area contributed by atoms with Crippen LogP contribution in [-0.2, 0) is 6.42 Å². The molecule has 2 N–H and O–H groups in total. The molecule has 0 unspecified atom stereocenters. The maximum absolute atomic E-state index is 11.9. The Bertz CT molecular complexity index is 1140. The van der Waals surface area contributed by atoms with Crippen molar-refractivity contribution in [1.82, 2.24) is 4.98 Å². The summed E-state index contributed by atoms with van der Waals surface area (Å²) < 4.78 is 5.82. The molecule has 0 saturated carbocycles. The molecule has 4 nitrogen and oxygen atoms in total. The Kier molecular flexibility index (Phi) is 3.88. The largest absolute Gasteiger partial charge is 0.495 e. The van der Waals surface area contributed by atoms with Gasteiger partial charge >= 0.3 is 5.97 Å². The Labute approximate surface area is 151 Å². The van der Waals surface area contributed by atoms with Gasteiger partial charge in [-0.15, -0.1) is 0 Å². The Hall–Kier alpha value is -3.27. The molecule has 0 aliphatic rings. The molecule has 130 valence electrons. The number of nitrogens with one attached hydrogen (secondary N) is 1. The van der Waals surface area contributed by atoms with Gasteiger partial charge in [-0.1, -0.05) is 55.5 Å². The number of fused-ring (bicyclic) bond motifs is 3. The third-order valence-electron chi connectivity index (χ3n) is 4.90. The van der Waals surface area contributed by atoms with Crippen molar-refractivity contribution in [2.45, 2.75) is 13.3 Å². The predicted octanol–water partition coefficient (Wildman–Crippen LogP) is 5.26. The van der Waals surface area contributed by atoms with Crippen LogP contribution < -0.4 is 4.74 Å². The molecule has 1 heterocycles. The minimum Gasteiger partial charge on any atom is -0.495 e. The fourth-order valence-electron chi connectivity index (χ4n) is 3.77. The fraction of sp³-hybridized carbons (Fsp3) is 0.136. The first kappa shape index (κ1) is 16.2. The maximum atomic E-state index is 11.9. The van der Waals surface area contributed by atoms with E-state index in [1.807, 2.05) is 43.3 Å². The van der Waals surface area contributed by atoms with Crippen LogP contribution in [0.5, 0.6) is 5.75 Å². The van der Waals surface area contributed by atoms with Crippen molar-refractivity contribution in [3.63, 3.8) is 0 Å². The second-order valence-corrected chi connectivity index (χ2v) is 6.22. The molecule has 0 spiro atoms. The number of aryl methyl sites for hydroxylation is 1. The predicted molar refractivity (Wildman–Crippen MR) is 104 cm³/mol. The second-order valence-electron chi connectivity index (χ2n) is 6.22. The molecule has 4 heteroatoms. The number of rotatable bonds is 4. The Balaban J connectivity index is 2.26. The fourth-order valence-corrected chi connectivity index (χ4v) is 3.77. The molecular formula is C22H19NO3. The number of aromatic amines is 1. The highest BCUT2D eigenvalue weighted by atomic mass is 16.5. The van der Waals surface area contributed by atoms with Crippen molar-refractivity contribution in [2.75, 3.05) is 7.11 Å². The molecule has 0 atom stereocenters. The Morgan fingerprint density at radius 2 is 1.54 bits per heavy atom. The number of benzene rings is 3. The second kappa shape index (κ2) is 6.23. The van der Waals surface area contributed by atoms with E-state index in [0.29, 0.717) is 11.3 Å². The Morgan fingerprint density at radius 1 is 0.962 bits per heavy atom. The summed E-state index contributed by atoms with van der Waals surface area (Å²) in [7, 11) is 1.64. The maximum Gasteiger partial charge on any atom is 0.352 e. The summed E-state index contributed by atoms with van der Waals surface area (Å²) in [5.41, 5.74) is 2.69. The van der Waals surface area contributed by atoms with Crippen molar-refractivity contribution >= 4 is 27.5 Å². The van der Waals surface area contributed by atoms with Gasteiger partial charge in [-0.3, -0.25) is 0 Å². The number of aromatic carboxylic acids is 1. The number of carbonyl (C=O) groups is 1. The smallest absolute Gasteiger partial charge is 0.352 e. The summed E-state index contributed by atoms with van der Waals surface area (Å²) in [5, 5.41) is 13.8. The normalized spacial score (nSPS) is 11.2. The van der Waals surface area contributed by atoms with Gasteiger partial charge in [0.1, 0.15) is 11.4 Å². The summed E-state index contributed by atoms with van der Waals surface area (Å²) >= 11 is 0. The summed E-state index contributed by atoms with van der Waals surface area (Å²) in [5.74, 6) is -0.268. The molecule has 0 radical (unpaired) electrons. The SMILES string of the molecule is CCc1c[nH]c(C(=O)O)c1-c1c(OC)c2ccccc2c2ccccc12. The minimum absolute atomic E-state index is 0.195. The van der Waals surface area contributed by atoms with Crippen molar-refractivity contribution in [3.8, 4) is 16.9 Å². The molecule has 1 aromatic heterocycles. The molecule has 3 aromatic carbocycles. The lowest BCUT2D eigenvalue weighted by atomic mass is 9.90. The van der Waals surface area contributed by atoms with Crippen LogP contribution in [0.4, 0.5) is 0 Å². The zero-order chi connectivity index (χ0) is 18.3. The van der Waals surface area contributed by atoms with Gasteiger partial charge in [0.05, 0.1) is 7.11 Å². The first-order chi connectivity index (χ1) is 12.7. The van der Waals surface area contributed by atoms with Gasteiger partial charge in [0, 0.05) is 22.7 Å². The van der Waals surface area contributed by atoms with Crippen LogP contribution >= 0.6 is 0 Å². The van der Waals surface area contributed by atoms with E-state index in [2.05, 4.69) is 17.1 Å². The molecule has 0 fully saturated rings. The van der Waals surface area contributed by atoms with Crippen molar-refractivity contribution in [1.29, 1.82) is 0 Å². The molecule has 4 aromatic rings. The van der Waals surface area contributed by atoms with E-state index in [0.717, 1.165) is 39.1 Å². The van der Waals surface area contributed by atoms with E-state index >= 15 is 0 Å². The number of H-pyrrole nitrogens is 1. The van der Waals surface area contributed by atoms with Gasteiger partial charge in [0.15, 0.2) is 0 Å². The third kappa shape index (κ3) is 2.26. The zero-order valence-electron chi connectivity index (χ0n) is 14.7. The highest BCUT2D eigenvalue weighted by Gasteiger charge is 2.24. The van der Waals surface area contributed by atoms with Crippen LogP contribution in [0.2, 0.25) is 0 Å². The van der Waals surface area contributed by atoms with E-state index in [1.54, 1.807) is 13.3 Å². The summed E-state index contributed by atoms with van der Waals surface area (Å²) in [4.78, 5) is 14.8. The van der Waals surface area contributed by atoms with E-state index in [1.165, 1.54) is 0 Å². The number of hydrogen-bond donors (Lipinski definition) is 2. The monoisotopic (exact) mass is 345 g/mol. The van der Waals surface area contributed by atoms with Gasteiger partial charge in [0.2, 0.25) is 0 Å². The molecular weight excluding hydrogens is 326 g/mol. The van der Waals surface area contributed by atoms with Crippen LogP contribution in [0.3, 0.4) is 0 Å². The lowest BCUT2D eigenvalue weighted by molar-refractivity contribution is 0.0692. The van der Waals surface area contributed by atoms with Gasteiger partial charge < -0.3 is 14.8 Å². The number of aromatic nitrogens is 1. The number of carboxylic acid groups (broad SMARTS) is 1. The Morgan fingerprint density at radius 3 is 2.12 bits per heavy atom. The van der Waals surface area contributed by atoms with Crippen LogP contribution in [0.25, 0.3) is 32.7 Å². The van der Waals surface area contributed by atoms with Crippen molar-refractivity contribution < 1.29 is 14.6 Å². The van der Waals surface area contributed by atoms with Crippen LogP contribution in [0.15, 0.2) is 54.7 Å². The standard InChI is InChI=1S/C22H19NO3/c1-3-13-12-23-20(22(24)25)18(13)19-16-10-6-4-8-14(16)15-9-5-7-11-17(15)21(19)26-2/h4-12,23H,3H2,1-2H3,(H,24,25). The highest BCUT2D eigenvalue weighted by molar-refractivity contribution is 6.19. The molecule has 0 bridgehead atoms. The molecule has 0 saturated heterocycles. The third-order valence-corrected chi connectivity index (χ3v) is 4.90. The molecule has 0 aliphatic carbocycles. The van der Waals surface area contributed by atoms with Gasteiger partial charge in [-0.25, -0.2) is 4.79 Å². The van der Waals surface area contributed by atoms with Crippen molar-refractivity contribution in [2.24, 2.45) is 0 Å². The topological polar surface area (TPSA) is 62.3 Å². The summed E-state index contributed by atoms with van der Waals surface area (Å²) in [6.45, 7) is 2.02. The van der Waals surface area contributed by atoms with E-state index in [-0.39, 0.29) is 5.69 Å². The van der Waals surface area contributed by atoms with Gasteiger partial charge in [-0.05, 0) is 28.1 Å². The van der Waals surface area contributed by atoms with E-state index in [4.69, 9.17) is 4.74 Å². The van der Waals surface area contributed by atoms with E-state index < -0.39 is 5.97 Å². The molecule has 4 rings (SSSR count). The lowest BCUT2D eigenvalue weighted by Crippen LogP contribution is -2.01. The number of ether oxygens (including phenoxy) is 1. The average Bonchev–Trinajstić information content (AvgIpc) is 3.10. The zero-order valence-corrected chi connectivity index (χ0v) is 14.7. The molecule has 26 heavy (non-hydrogen) atoms. The quantitative estimate of drug-likeness (QED) is 0.496. The van der Waals surface area contributed by atoms with Crippen molar-refractivity contribution in [3.05, 3.63) is 66.0 Å². The average molecular weight is 345 g/mol. The van der Waals surface area contributed by atoms with Gasteiger partial charge in [0.25, 0.3) is 0 Å². The summed E-state index contributed by atoms with van der Waals surface area (Å²) in [6.07, 6.45) is 2.51. The van der Waals surface area contributed by atoms with Crippen LogP contribution in [0.1, 0.15) is 23.0 Å². The molecule has 0 aliphatic heterocycles. The van der Waals surface area contributed by atoms with Crippen LogP contribution in [-0.4, -0.2) is 23.2 Å². The minimum atomic E-state index is -0.973. The van der Waals surface area contributed by atoms with E-state index in [9.17, 15) is 9.90 Å². The highest BCUT2D eigenvalue weighted by Crippen LogP contribution is 2.46. The first-order valence-electron chi connectivity index (χ1n) is 8.58. The number of methoxy groups -OCH3 is 1. The number of carboxylic acids is 1. The summed E-state index contributed by atoms with van der Waals surface area (Å²) in [6, 6.07) is 16.1. The van der Waals surface area contributed by atoms with Crippen LogP contribution in [0, 0.1) is 0 Å². The molecule has 0 amide bonds. The van der Waals surface area contributed by atoms with Gasteiger partial charge in [-0.2, -0.15) is 0 Å².